The quantitative estimate of drug-likeness (QED) is 0.756. The van der Waals surface area contributed by atoms with Gasteiger partial charge in [-0.2, -0.15) is 0 Å². The van der Waals surface area contributed by atoms with Crippen LogP contribution in [-0.2, 0) is 19.1 Å². The number of carboxylic acid groups (broad SMARTS) is 1. The van der Waals surface area contributed by atoms with E-state index in [-0.39, 0.29) is 24.4 Å². The Morgan fingerprint density at radius 3 is 2.76 bits per heavy atom. The summed E-state index contributed by atoms with van der Waals surface area (Å²) < 4.78 is 5.21. The summed E-state index contributed by atoms with van der Waals surface area (Å²) in [5.74, 6) is -1.84. The molecule has 0 bridgehead atoms. The van der Waals surface area contributed by atoms with E-state index in [1.165, 1.54) is 0 Å². The van der Waals surface area contributed by atoms with Gasteiger partial charge in [-0.3, -0.25) is 14.4 Å². The highest BCUT2D eigenvalue weighted by Gasteiger charge is 2.43. The molecule has 1 aliphatic heterocycles. The fourth-order valence-corrected chi connectivity index (χ4v) is 2.88. The van der Waals surface area contributed by atoms with Crippen molar-refractivity contribution in [3.63, 3.8) is 0 Å². The predicted octanol–water partition coefficient (Wildman–Crippen LogP) is 1.60. The molecule has 1 aliphatic rings. The molecule has 5 nitrogen and oxygen atoms in total. The average Bonchev–Trinajstić information content (AvgIpc) is 2.38. The summed E-state index contributed by atoms with van der Waals surface area (Å²) in [5, 5.41) is 8.68. The zero-order valence-corrected chi connectivity index (χ0v) is 10.5. The molecule has 96 valence electrons. The third kappa shape index (κ3) is 3.73. The SMILES string of the molecule is CCCC1(SCC(=O)O)OC(=O)CCCC1=O. The minimum Gasteiger partial charge on any atom is -0.481 e. The molecule has 1 unspecified atom stereocenters. The van der Waals surface area contributed by atoms with Crippen molar-refractivity contribution in [2.45, 2.75) is 44.0 Å². The zero-order valence-electron chi connectivity index (χ0n) is 9.73. The number of hydrogen-bond donors (Lipinski definition) is 1. The number of rotatable bonds is 5. The highest BCUT2D eigenvalue weighted by atomic mass is 32.2. The lowest BCUT2D eigenvalue weighted by atomic mass is 10.1. The molecule has 0 saturated carbocycles. The van der Waals surface area contributed by atoms with Crippen LogP contribution in [0.5, 0.6) is 0 Å². The monoisotopic (exact) mass is 260 g/mol. The van der Waals surface area contributed by atoms with Crippen LogP contribution >= 0.6 is 11.8 Å². The number of cyclic esters (lactones) is 1. The lowest BCUT2D eigenvalue weighted by molar-refractivity contribution is -0.156. The average molecular weight is 260 g/mol. The topological polar surface area (TPSA) is 80.7 Å². The number of ketones is 1. The smallest absolute Gasteiger partial charge is 0.313 e. The van der Waals surface area contributed by atoms with Gasteiger partial charge in [0.1, 0.15) is 0 Å². The van der Waals surface area contributed by atoms with Crippen molar-refractivity contribution in [1.29, 1.82) is 0 Å². The zero-order chi connectivity index (χ0) is 12.9. The summed E-state index contributed by atoms with van der Waals surface area (Å²) in [4.78, 5) is 32.7. The summed E-state index contributed by atoms with van der Waals surface area (Å²) in [6, 6.07) is 0. The number of carboxylic acids is 1. The van der Waals surface area contributed by atoms with Crippen LogP contribution in [0.25, 0.3) is 0 Å². The van der Waals surface area contributed by atoms with Crippen molar-refractivity contribution in [2.75, 3.05) is 5.75 Å². The van der Waals surface area contributed by atoms with Gasteiger partial charge in [0.25, 0.3) is 0 Å². The lowest BCUT2D eigenvalue weighted by Crippen LogP contribution is -2.39. The molecular formula is C11H16O5S. The molecule has 0 amide bonds. The van der Waals surface area contributed by atoms with E-state index in [0.717, 1.165) is 11.8 Å². The maximum atomic E-state index is 12.0. The number of carbonyl (C=O) groups excluding carboxylic acids is 2. The number of thioether (sulfide) groups is 1. The maximum absolute atomic E-state index is 12.0. The number of hydrogen-bond acceptors (Lipinski definition) is 5. The summed E-state index contributed by atoms with van der Waals surface area (Å²) in [6.07, 6.45) is 2.01. The van der Waals surface area contributed by atoms with Gasteiger partial charge in [0.15, 0.2) is 5.78 Å². The first-order chi connectivity index (χ1) is 8.00. The maximum Gasteiger partial charge on any atom is 0.313 e. The molecule has 1 rings (SSSR count). The van der Waals surface area contributed by atoms with Gasteiger partial charge in [-0.15, -0.1) is 0 Å². The summed E-state index contributed by atoms with van der Waals surface area (Å²) in [5.41, 5.74) is 0. The van der Waals surface area contributed by atoms with Crippen LogP contribution in [0.1, 0.15) is 39.0 Å². The number of ether oxygens (including phenoxy) is 1. The minimum atomic E-state index is -1.28. The van der Waals surface area contributed by atoms with Crippen LogP contribution in [0.2, 0.25) is 0 Å². The van der Waals surface area contributed by atoms with Crippen molar-refractivity contribution in [3.05, 3.63) is 0 Å². The summed E-state index contributed by atoms with van der Waals surface area (Å²) in [7, 11) is 0. The minimum absolute atomic E-state index is 0.170. The third-order valence-corrected chi connectivity index (χ3v) is 3.87. The molecule has 1 atom stereocenters. The Kier molecular flexibility index (Phi) is 4.99. The Balaban J connectivity index is 2.87. The fourth-order valence-electron chi connectivity index (χ4n) is 1.76. The van der Waals surface area contributed by atoms with Crippen LogP contribution in [0, 0.1) is 0 Å². The van der Waals surface area contributed by atoms with Crippen molar-refractivity contribution in [1.82, 2.24) is 0 Å². The normalized spacial score (nSPS) is 25.2. The highest BCUT2D eigenvalue weighted by Crippen LogP contribution is 2.36. The van der Waals surface area contributed by atoms with E-state index in [1.807, 2.05) is 6.92 Å². The molecule has 1 heterocycles. The van der Waals surface area contributed by atoms with Gasteiger partial charge in [-0.25, -0.2) is 0 Å². The molecule has 1 fully saturated rings. The van der Waals surface area contributed by atoms with Gasteiger partial charge in [-0.05, 0) is 6.42 Å². The molecule has 17 heavy (non-hydrogen) atoms. The van der Waals surface area contributed by atoms with E-state index >= 15 is 0 Å². The first kappa shape index (κ1) is 14.0. The van der Waals surface area contributed by atoms with E-state index in [2.05, 4.69) is 0 Å². The van der Waals surface area contributed by atoms with Crippen molar-refractivity contribution >= 4 is 29.5 Å². The highest BCUT2D eigenvalue weighted by molar-refractivity contribution is 8.01. The Bertz CT molecular complexity index is 328. The summed E-state index contributed by atoms with van der Waals surface area (Å²) in [6.45, 7) is 1.87. The number of esters is 1. The Labute approximate surface area is 104 Å². The Hall–Kier alpha value is -1.04. The molecule has 0 aromatic carbocycles. The molecule has 0 radical (unpaired) electrons. The Morgan fingerprint density at radius 1 is 1.47 bits per heavy atom. The van der Waals surface area contributed by atoms with Gasteiger partial charge in [0.2, 0.25) is 4.93 Å². The van der Waals surface area contributed by atoms with E-state index in [4.69, 9.17) is 9.84 Å². The van der Waals surface area contributed by atoms with E-state index < -0.39 is 16.9 Å². The third-order valence-electron chi connectivity index (χ3n) is 2.50. The predicted molar refractivity (Wildman–Crippen MR) is 62.7 cm³/mol. The van der Waals surface area contributed by atoms with Crippen LogP contribution in [0.3, 0.4) is 0 Å². The summed E-state index contributed by atoms with van der Waals surface area (Å²) >= 11 is 0.911. The van der Waals surface area contributed by atoms with Crippen LogP contribution < -0.4 is 0 Å². The number of aliphatic carboxylic acids is 1. The number of carbonyl (C=O) groups is 3. The van der Waals surface area contributed by atoms with Crippen molar-refractivity contribution in [3.8, 4) is 0 Å². The van der Waals surface area contributed by atoms with E-state index in [9.17, 15) is 14.4 Å². The molecular weight excluding hydrogens is 244 g/mol. The standard InChI is InChI=1S/C11H16O5S/c1-2-6-11(17-7-9(13)14)8(12)4-3-5-10(15)16-11/h2-7H2,1H3,(H,13,14). The van der Waals surface area contributed by atoms with Crippen molar-refractivity contribution in [2.24, 2.45) is 0 Å². The second-order valence-corrected chi connectivity index (χ2v) is 5.17. The van der Waals surface area contributed by atoms with Crippen LogP contribution in [0.15, 0.2) is 0 Å². The largest absolute Gasteiger partial charge is 0.481 e. The molecule has 1 saturated heterocycles. The molecule has 0 aromatic rings. The van der Waals surface area contributed by atoms with Gasteiger partial charge in [-0.1, -0.05) is 25.1 Å². The molecule has 6 heteroatoms. The van der Waals surface area contributed by atoms with Gasteiger partial charge >= 0.3 is 11.9 Å². The Morgan fingerprint density at radius 2 is 2.18 bits per heavy atom. The number of Topliss-reactive ketones (excluding diaryl/α,β-unsaturated/α-hetero) is 1. The first-order valence-electron chi connectivity index (χ1n) is 5.61. The fraction of sp³-hybridized carbons (Fsp3) is 0.727. The lowest BCUT2D eigenvalue weighted by Gasteiger charge is -2.29. The van der Waals surface area contributed by atoms with Gasteiger partial charge in [0.05, 0.1) is 5.75 Å². The molecule has 0 aliphatic carbocycles. The van der Waals surface area contributed by atoms with Crippen LogP contribution in [0.4, 0.5) is 0 Å². The van der Waals surface area contributed by atoms with Gasteiger partial charge in [0, 0.05) is 19.3 Å². The van der Waals surface area contributed by atoms with E-state index in [1.54, 1.807) is 0 Å². The van der Waals surface area contributed by atoms with Gasteiger partial charge < -0.3 is 9.84 Å². The molecule has 0 spiro atoms. The molecule has 0 aromatic heterocycles. The molecule has 1 N–H and O–H groups in total. The van der Waals surface area contributed by atoms with E-state index in [0.29, 0.717) is 19.3 Å². The second kappa shape index (κ2) is 6.05. The second-order valence-electron chi connectivity index (χ2n) is 3.94. The van der Waals surface area contributed by atoms with Crippen LogP contribution in [-0.4, -0.2) is 33.5 Å². The van der Waals surface area contributed by atoms with Crippen molar-refractivity contribution < 1.29 is 24.2 Å². The first-order valence-corrected chi connectivity index (χ1v) is 6.59.